The highest BCUT2D eigenvalue weighted by Crippen LogP contribution is 2.36. The summed E-state index contributed by atoms with van der Waals surface area (Å²) in [6.45, 7) is 4.73. The van der Waals surface area contributed by atoms with E-state index >= 15 is 0 Å². The van der Waals surface area contributed by atoms with Gasteiger partial charge in [0.15, 0.2) is 0 Å². The number of nitrogens with zero attached hydrogens (tertiary/aromatic N) is 2. The van der Waals surface area contributed by atoms with Crippen molar-refractivity contribution >= 4 is 22.9 Å². The summed E-state index contributed by atoms with van der Waals surface area (Å²) >= 11 is 1.63. The number of carbonyl (C=O) groups excluding carboxylic acids is 1. The Kier molecular flexibility index (Phi) is 5.78. The van der Waals surface area contributed by atoms with E-state index in [0.717, 1.165) is 60.9 Å². The van der Waals surface area contributed by atoms with Crippen LogP contribution in [0.5, 0.6) is 0 Å². The lowest BCUT2D eigenvalue weighted by Crippen LogP contribution is -2.58. The summed E-state index contributed by atoms with van der Waals surface area (Å²) in [7, 11) is 1.76. The first kappa shape index (κ1) is 19.5. The normalized spacial score (nSPS) is 25.3. The third-order valence-corrected chi connectivity index (χ3v) is 6.41. The fourth-order valence-electron chi connectivity index (χ4n) is 4.34. The maximum atomic E-state index is 12.6. The van der Waals surface area contributed by atoms with E-state index in [0.29, 0.717) is 6.54 Å². The van der Waals surface area contributed by atoms with Gasteiger partial charge in [-0.25, -0.2) is 4.98 Å². The van der Waals surface area contributed by atoms with Gasteiger partial charge in [0.25, 0.3) is 0 Å². The van der Waals surface area contributed by atoms with E-state index in [1.807, 2.05) is 36.6 Å². The molecule has 2 atom stereocenters. The Morgan fingerprint density at radius 3 is 3.11 bits per heavy atom. The first-order valence-corrected chi connectivity index (χ1v) is 10.7. The number of rotatable bonds is 5. The highest BCUT2D eigenvalue weighted by molar-refractivity contribution is 7.09. The number of aromatic nitrogens is 1. The smallest absolute Gasteiger partial charge is 0.238 e. The van der Waals surface area contributed by atoms with Crippen molar-refractivity contribution in [3.05, 3.63) is 34.7 Å². The molecule has 1 aromatic heterocycles. The van der Waals surface area contributed by atoms with Crippen molar-refractivity contribution in [1.82, 2.24) is 9.88 Å². The van der Waals surface area contributed by atoms with Gasteiger partial charge in [-0.15, -0.1) is 11.3 Å². The second-order valence-corrected chi connectivity index (χ2v) is 8.68. The maximum Gasteiger partial charge on any atom is 0.238 e. The molecule has 2 saturated heterocycles. The van der Waals surface area contributed by atoms with Crippen LogP contribution in [0, 0.1) is 6.92 Å². The Hall–Kier alpha value is -1.80. The highest BCUT2D eigenvalue weighted by atomic mass is 32.1. The van der Waals surface area contributed by atoms with Crippen molar-refractivity contribution < 1.29 is 14.3 Å². The highest BCUT2D eigenvalue weighted by Gasteiger charge is 2.47. The lowest BCUT2D eigenvalue weighted by molar-refractivity contribution is -0.146. The van der Waals surface area contributed by atoms with Gasteiger partial charge in [-0.1, -0.05) is 12.1 Å². The lowest BCUT2D eigenvalue weighted by Gasteiger charge is -2.44. The van der Waals surface area contributed by atoms with Gasteiger partial charge in [-0.05, 0) is 38.3 Å². The summed E-state index contributed by atoms with van der Waals surface area (Å²) in [5, 5.41) is 6.11. The number of hydrogen-bond donors (Lipinski definition) is 1. The molecule has 3 heterocycles. The van der Waals surface area contributed by atoms with Crippen LogP contribution < -0.4 is 5.32 Å². The molecule has 0 radical (unpaired) electrons. The minimum atomic E-state index is -0.254. The number of aryl methyl sites for hydroxylation is 1. The van der Waals surface area contributed by atoms with Crippen LogP contribution in [-0.2, 0) is 14.3 Å². The number of hydrogen-bond acceptors (Lipinski definition) is 6. The summed E-state index contributed by atoms with van der Waals surface area (Å²) in [5.41, 5.74) is 2.50. The fraction of sp³-hybridized carbons (Fsp3) is 0.524. The molecule has 150 valence electrons. The van der Waals surface area contributed by atoms with E-state index < -0.39 is 0 Å². The van der Waals surface area contributed by atoms with Crippen LogP contribution in [0.2, 0.25) is 0 Å². The average Bonchev–Trinajstić information content (AvgIpc) is 3.32. The summed E-state index contributed by atoms with van der Waals surface area (Å²) in [5.74, 6) is -0.00405. The van der Waals surface area contributed by atoms with Gasteiger partial charge in [0.2, 0.25) is 5.91 Å². The quantitative estimate of drug-likeness (QED) is 0.833. The molecule has 0 saturated carbocycles. The van der Waals surface area contributed by atoms with Gasteiger partial charge in [0.05, 0.1) is 23.4 Å². The van der Waals surface area contributed by atoms with Gasteiger partial charge in [-0.3, -0.25) is 9.69 Å². The zero-order chi connectivity index (χ0) is 19.6. The number of thiazole rings is 1. The van der Waals surface area contributed by atoms with Crippen molar-refractivity contribution in [1.29, 1.82) is 0 Å². The molecule has 4 rings (SSSR count). The third-order valence-electron chi connectivity index (χ3n) is 5.63. The Morgan fingerprint density at radius 1 is 1.50 bits per heavy atom. The number of likely N-dealkylation sites (tertiary alicyclic amines) is 1. The molecule has 2 aliphatic heterocycles. The first-order valence-electron chi connectivity index (χ1n) is 9.79. The molecule has 28 heavy (non-hydrogen) atoms. The van der Waals surface area contributed by atoms with Gasteiger partial charge in [0.1, 0.15) is 5.60 Å². The van der Waals surface area contributed by atoms with Gasteiger partial charge in [-0.2, -0.15) is 0 Å². The Labute approximate surface area is 169 Å². The van der Waals surface area contributed by atoms with Crippen LogP contribution >= 0.6 is 11.3 Å². The fourth-order valence-corrected chi connectivity index (χ4v) is 4.97. The van der Waals surface area contributed by atoms with Crippen LogP contribution in [0.25, 0.3) is 11.3 Å². The Morgan fingerprint density at radius 2 is 2.39 bits per heavy atom. The zero-order valence-electron chi connectivity index (χ0n) is 16.4. The van der Waals surface area contributed by atoms with Crippen LogP contribution in [0.4, 0.5) is 5.69 Å². The molecule has 2 aliphatic rings. The van der Waals surface area contributed by atoms with Crippen LogP contribution in [-0.4, -0.2) is 60.8 Å². The number of carbonyl (C=O) groups is 1. The predicted molar refractivity (Wildman–Crippen MR) is 111 cm³/mol. The number of amides is 1. The average molecular weight is 402 g/mol. The number of ether oxygens (including phenoxy) is 2. The zero-order valence-corrected chi connectivity index (χ0v) is 17.3. The summed E-state index contributed by atoms with van der Waals surface area (Å²) in [6, 6.07) is 7.86. The minimum absolute atomic E-state index is 0.00405. The standard InChI is InChI=1S/C21H27N3O3S/c1-15-22-18(13-28-15)16-5-3-6-17(11-16)23-20(25)12-24-9-7-19(26-2)21(14-24)8-4-10-27-21/h3,5-6,11,13,19H,4,7-10,12,14H2,1-2H3,(H,23,25)/t19-,21+/m0/s1. The number of benzene rings is 1. The van der Waals surface area contributed by atoms with Crippen LogP contribution in [0.3, 0.4) is 0 Å². The monoisotopic (exact) mass is 401 g/mol. The lowest BCUT2D eigenvalue weighted by atomic mass is 9.87. The maximum absolute atomic E-state index is 12.6. The van der Waals surface area contributed by atoms with Crippen LogP contribution in [0.15, 0.2) is 29.6 Å². The third kappa shape index (κ3) is 4.12. The summed E-state index contributed by atoms with van der Waals surface area (Å²) in [6.07, 6.45) is 3.07. The molecule has 1 aromatic carbocycles. The molecule has 0 unspecified atom stereocenters. The predicted octanol–water partition coefficient (Wildman–Crippen LogP) is 3.33. The molecule has 7 heteroatoms. The Balaban J connectivity index is 1.38. The van der Waals surface area contributed by atoms with Gasteiger partial charge >= 0.3 is 0 Å². The molecule has 1 amide bonds. The molecule has 1 spiro atoms. The van der Waals surface area contributed by atoms with E-state index in [1.165, 1.54) is 0 Å². The van der Waals surface area contributed by atoms with E-state index in [2.05, 4.69) is 15.2 Å². The minimum Gasteiger partial charge on any atom is -0.378 e. The topological polar surface area (TPSA) is 63.7 Å². The first-order chi connectivity index (χ1) is 13.6. The van der Waals surface area contributed by atoms with E-state index in [4.69, 9.17) is 9.47 Å². The molecular formula is C21H27N3O3S. The molecule has 2 fully saturated rings. The largest absolute Gasteiger partial charge is 0.378 e. The summed E-state index contributed by atoms with van der Waals surface area (Å²) < 4.78 is 11.8. The Bertz CT molecular complexity index is 832. The molecule has 1 N–H and O–H groups in total. The second kappa shape index (κ2) is 8.29. The van der Waals surface area contributed by atoms with Crippen LogP contribution in [0.1, 0.15) is 24.3 Å². The SMILES string of the molecule is CO[C@H]1CCN(CC(=O)Nc2cccc(-c3csc(C)n3)c2)C[C@]12CCCO2. The van der Waals surface area contributed by atoms with Crippen molar-refractivity contribution in [2.24, 2.45) is 0 Å². The number of nitrogens with one attached hydrogen (secondary N) is 1. The van der Waals surface area contributed by atoms with Crippen molar-refractivity contribution in [2.75, 3.05) is 38.7 Å². The molecule has 0 aliphatic carbocycles. The van der Waals surface area contributed by atoms with Crippen molar-refractivity contribution in [3.63, 3.8) is 0 Å². The van der Waals surface area contributed by atoms with E-state index in [9.17, 15) is 4.79 Å². The molecule has 2 aromatic rings. The summed E-state index contributed by atoms with van der Waals surface area (Å²) in [4.78, 5) is 19.4. The number of anilines is 1. The van der Waals surface area contributed by atoms with Gasteiger partial charge < -0.3 is 14.8 Å². The van der Waals surface area contributed by atoms with Crippen molar-refractivity contribution in [2.45, 2.75) is 37.9 Å². The number of methoxy groups -OCH3 is 1. The van der Waals surface area contributed by atoms with Crippen molar-refractivity contribution in [3.8, 4) is 11.3 Å². The van der Waals surface area contributed by atoms with E-state index in [1.54, 1.807) is 18.4 Å². The molecular weight excluding hydrogens is 374 g/mol. The molecule has 0 bridgehead atoms. The second-order valence-electron chi connectivity index (χ2n) is 7.62. The van der Waals surface area contributed by atoms with E-state index in [-0.39, 0.29) is 17.6 Å². The number of piperidine rings is 1. The van der Waals surface area contributed by atoms with Gasteiger partial charge in [0, 0.05) is 43.4 Å². The molecule has 6 nitrogen and oxygen atoms in total.